The molecule has 0 saturated carbocycles. The first-order valence-corrected chi connectivity index (χ1v) is 12.0. The Morgan fingerprint density at radius 2 is 0.903 bits per heavy atom. The second-order valence-electron chi connectivity index (χ2n) is 12.5. The topological polar surface area (TPSA) is 81.1 Å². The van der Waals surface area contributed by atoms with Gasteiger partial charge in [-0.3, -0.25) is 19.4 Å². The SMILES string of the molecule is CC1(C)CCCC(C)(C)N1CCC(CCN1C(C)(C)CCCC1(C)C)(C(=O)O)C(=O)O. The first-order chi connectivity index (χ1) is 14.0. The number of carbonyl (C=O) groups is 2. The summed E-state index contributed by atoms with van der Waals surface area (Å²) in [6, 6.07) is 0. The molecule has 6 nitrogen and oxygen atoms in total. The van der Waals surface area contributed by atoms with Crippen molar-refractivity contribution in [3.05, 3.63) is 0 Å². The standard InChI is InChI=1S/C25H46N2O4/c1-21(2)11-9-12-22(3,4)26(21)17-15-25(19(28)29,20(30)31)16-18-27-23(5,6)13-10-14-24(27,7)8/h9-18H2,1-8H3,(H,28,29)(H,30,31). The number of carboxylic acid groups (broad SMARTS) is 2. The maximum Gasteiger partial charge on any atom is 0.321 e. The van der Waals surface area contributed by atoms with Crippen molar-refractivity contribution >= 4 is 11.9 Å². The fraction of sp³-hybridized carbons (Fsp3) is 0.920. The van der Waals surface area contributed by atoms with Crippen LogP contribution in [0.2, 0.25) is 0 Å². The fourth-order valence-electron chi connectivity index (χ4n) is 6.55. The van der Waals surface area contributed by atoms with Crippen molar-refractivity contribution in [3.8, 4) is 0 Å². The van der Waals surface area contributed by atoms with Crippen LogP contribution in [0.5, 0.6) is 0 Å². The molecule has 2 fully saturated rings. The summed E-state index contributed by atoms with van der Waals surface area (Å²) in [5, 5.41) is 20.3. The van der Waals surface area contributed by atoms with Crippen LogP contribution in [0.3, 0.4) is 0 Å². The number of likely N-dealkylation sites (tertiary alicyclic amines) is 2. The third-order valence-electron chi connectivity index (χ3n) is 8.42. The quantitative estimate of drug-likeness (QED) is 0.519. The number of nitrogens with zero attached hydrogens (tertiary/aromatic N) is 2. The van der Waals surface area contributed by atoms with E-state index in [4.69, 9.17) is 0 Å². The maximum absolute atomic E-state index is 12.4. The van der Waals surface area contributed by atoms with E-state index < -0.39 is 17.4 Å². The van der Waals surface area contributed by atoms with Crippen molar-refractivity contribution in [2.75, 3.05) is 13.1 Å². The van der Waals surface area contributed by atoms with Gasteiger partial charge in [-0.2, -0.15) is 0 Å². The molecule has 2 rings (SSSR count). The summed E-state index contributed by atoms with van der Waals surface area (Å²) >= 11 is 0. The van der Waals surface area contributed by atoms with Gasteiger partial charge in [-0.25, -0.2) is 0 Å². The second kappa shape index (κ2) is 8.66. The Morgan fingerprint density at radius 3 is 1.13 bits per heavy atom. The van der Waals surface area contributed by atoms with E-state index in [2.05, 4.69) is 65.2 Å². The molecule has 2 N–H and O–H groups in total. The molecule has 0 aromatic carbocycles. The molecule has 6 heteroatoms. The molecule has 0 atom stereocenters. The molecule has 180 valence electrons. The van der Waals surface area contributed by atoms with Gasteiger partial charge in [0.15, 0.2) is 5.41 Å². The maximum atomic E-state index is 12.4. The molecule has 0 aliphatic carbocycles. The molecule has 0 radical (unpaired) electrons. The summed E-state index contributed by atoms with van der Waals surface area (Å²) in [6.07, 6.45) is 6.69. The summed E-state index contributed by atoms with van der Waals surface area (Å²) in [4.78, 5) is 29.6. The van der Waals surface area contributed by atoms with Crippen LogP contribution in [0.15, 0.2) is 0 Å². The fourth-order valence-corrected chi connectivity index (χ4v) is 6.55. The zero-order chi connectivity index (χ0) is 23.9. The molecular formula is C25H46N2O4. The predicted octanol–water partition coefficient (Wildman–Crippen LogP) is 5.01. The zero-order valence-electron chi connectivity index (χ0n) is 21.2. The van der Waals surface area contributed by atoms with Crippen molar-refractivity contribution in [2.45, 2.75) is 129 Å². The molecule has 31 heavy (non-hydrogen) atoms. The summed E-state index contributed by atoms with van der Waals surface area (Å²) in [7, 11) is 0. The molecule has 0 amide bonds. The third kappa shape index (κ3) is 5.27. The Bertz CT molecular complexity index is 591. The Hall–Kier alpha value is -1.14. The highest BCUT2D eigenvalue weighted by Crippen LogP contribution is 2.42. The number of hydrogen-bond donors (Lipinski definition) is 2. The van der Waals surface area contributed by atoms with E-state index in [1.807, 2.05) is 0 Å². The van der Waals surface area contributed by atoms with Crippen LogP contribution in [0.25, 0.3) is 0 Å². The minimum Gasteiger partial charge on any atom is -0.480 e. The van der Waals surface area contributed by atoms with Gasteiger partial charge in [0.2, 0.25) is 0 Å². The normalized spacial score (nSPS) is 25.8. The van der Waals surface area contributed by atoms with E-state index in [0.717, 1.165) is 38.5 Å². The van der Waals surface area contributed by atoms with Crippen molar-refractivity contribution < 1.29 is 19.8 Å². The van der Waals surface area contributed by atoms with Crippen LogP contribution in [-0.2, 0) is 9.59 Å². The highest BCUT2D eigenvalue weighted by Gasteiger charge is 2.51. The zero-order valence-corrected chi connectivity index (χ0v) is 21.2. The first-order valence-electron chi connectivity index (χ1n) is 12.0. The van der Waals surface area contributed by atoms with Gasteiger partial charge in [0.05, 0.1) is 0 Å². The van der Waals surface area contributed by atoms with E-state index in [-0.39, 0.29) is 35.0 Å². The molecule has 0 bridgehead atoms. The monoisotopic (exact) mass is 438 g/mol. The Labute approximate surface area is 189 Å². The van der Waals surface area contributed by atoms with Crippen LogP contribution in [-0.4, -0.2) is 67.2 Å². The molecular weight excluding hydrogens is 392 g/mol. The van der Waals surface area contributed by atoms with E-state index in [1.54, 1.807) is 0 Å². The number of rotatable bonds is 8. The van der Waals surface area contributed by atoms with E-state index in [1.165, 1.54) is 0 Å². The lowest BCUT2D eigenvalue weighted by molar-refractivity contribution is -0.168. The van der Waals surface area contributed by atoms with Crippen molar-refractivity contribution in [1.82, 2.24) is 9.80 Å². The molecule has 0 spiro atoms. The Balaban J connectivity index is 2.27. The van der Waals surface area contributed by atoms with E-state index in [0.29, 0.717) is 13.1 Å². The van der Waals surface area contributed by atoms with E-state index >= 15 is 0 Å². The van der Waals surface area contributed by atoms with Gasteiger partial charge in [-0.15, -0.1) is 0 Å². The summed E-state index contributed by atoms with van der Waals surface area (Å²) in [5.74, 6) is -2.42. The second-order valence-corrected chi connectivity index (χ2v) is 12.5. The minimum absolute atomic E-state index is 0.0681. The highest BCUT2D eigenvalue weighted by atomic mass is 16.4. The summed E-state index contributed by atoms with van der Waals surface area (Å²) in [6.45, 7) is 18.5. The number of aliphatic carboxylic acids is 2. The largest absolute Gasteiger partial charge is 0.480 e. The summed E-state index contributed by atoms with van der Waals surface area (Å²) in [5.41, 5.74) is -2.04. The van der Waals surface area contributed by atoms with Crippen LogP contribution in [0.4, 0.5) is 0 Å². The molecule has 2 aliphatic heterocycles. The van der Waals surface area contributed by atoms with Gasteiger partial charge < -0.3 is 10.2 Å². The van der Waals surface area contributed by atoms with Gasteiger partial charge >= 0.3 is 11.9 Å². The van der Waals surface area contributed by atoms with Gasteiger partial charge in [-0.05, 0) is 107 Å². The van der Waals surface area contributed by atoms with Crippen molar-refractivity contribution in [2.24, 2.45) is 5.41 Å². The molecule has 0 unspecified atom stereocenters. The lowest BCUT2D eigenvalue weighted by Crippen LogP contribution is -2.61. The van der Waals surface area contributed by atoms with Gasteiger partial charge in [-0.1, -0.05) is 0 Å². The molecule has 2 heterocycles. The minimum atomic E-state index is -1.77. The van der Waals surface area contributed by atoms with Crippen molar-refractivity contribution in [1.29, 1.82) is 0 Å². The smallest absolute Gasteiger partial charge is 0.321 e. The van der Waals surface area contributed by atoms with E-state index in [9.17, 15) is 19.8 Å². The van der Waals surface area contributed by atoms with Gasteiger partial charge in [0.1, 0.15) is 0 Å². The Kier molecular flexibility index (Phi) is 7.30. The van der Waals surface area contributed by atoms with Crippen LogP contribution < -0.4 is 0 Å². The number of piperidine rings is 2. The average molecular weight is 439 g/mol. The lowest BCUT2D eigenvalue weighted by atomic mass is 9.75. The average Bonchev–Trinajstić information content (AvgIpc) is 2.56. The third-order valence-corrected chi connectivity index (χ3v) is 8.42. The lowest BCUT2D eigenvalue weighted by Gasteiger charge is -2.54. The van der Waals surface area contributed by atoms with Crippen LogP contribution in [0, 0.1) is 5.41 Å². The van der Waals surface area contributed by atoms with Gasteiger partial charge in [0.25, 0.3) is 0 Å². The van der Waals surface area contributed by atoms with Crippen LogP contribution >= 0.6 is 0 Å². The van der Waals surface area contributed by atoms with Crippen molar-refractivity contribution in [3.63, 3.8) is 0 Å². The first kappa shape index (κ1) is 26.1. The van der Waals surface area contributed by atoms with Gasteiger partial charge in [0, 0.05) is 35.2 Å². The highest BCUT2D eigenvalue weighted by molar-refractivity contribution is 5.98. The molecule has 0 aromatic heterocycles. The molecule has 0 aromatic rings. The Morgan fingerprint density at radius 1 is 0.645 bits per heavy atom. The molecule has 2 saturated heterocycles. The number of hydrogen-bond acceptors (Lipinski definition) is 4. The number of carboxylic acids is 2. The predicted molar refractivity (Wildman–Crippen MR) is 124 cm³/mol. The van der Waals surface area contributed by atoms with Crippen LogP contribution in [0.1, 0.15) is 107 Å². The molecule has 2 aliphatic rings. The summed E-state index contributed by atoms with van der Waals surface area (Å²) < 4.78 is 0.